The van der Waals surface area contributed by atoms with Crippen molar-refractivity contribution in [2.24, 2.45) is 5.92 Å². The highest BCUT2D eigenvalue weighted by Crippen LogP contribution is 2.23. The molecule has 0 aromatic heterocycles. The van der Waals surface area contributed by atoms with Crippen LogP contribution in [0.4, 0.5) is 0 Å². The molecule has 0 aliphatic heterocycles. The van der Waals surface area contributed by atoms with Crippen molar-refractivity contribution in [3.63, 3.8) is 0 Å². The summed E-state index contributed by atoms with van der Waals surface area (Å²) in [5.41, 5.74) is 2.38. The summed E-state index contributed by atoms with van der Waals surface area (Å²) in [5, 5.41) is 12.8. The van der Waals surface area contributed by atoms with Crippen LogP contribution >= 0.6 is 0 Å². The highest BCUT2D eigenvalue weighted by molar-refractivity contribution is 5.34. The van der Waals surface area contributed by atoms with E-state index in [9.17, 15) is 5.11 Å². The monoisotopic (exact) mass is 285 g/mol. The Kier molecular flexibility index (Phi) is 5.64. The molecule has 0 saturated heterocycles. The maximum absolute atomic E-state index is 9.59. The van der Waals surface area contributed by atoms with Crippen molar-refractivity contribution in [3.05, 3.63) is 59.7 Å². The quantitative estimate of drug-likeness (QED) is 0.821. The fraction of sp³-hybridized carbons (Fsp3) is 0.333. The molecule has 0 aliphatic carbocycles. The van der Waals surface area contributed by atoms with Crippen LogP contribution in [0.1, 0.15) is 11.1 Å². The average Bonchev–Trinajstić information content (AvgIpc) is 2.48. The third-order valence-electron chi connectivity index (χ3n) is 3.63. The molecule has 0 saturated carbocycles. The van der Waals surface area contributed by atoms with Crippen LogP contribution in [0, 0.1) is 5.92 Å². The van der Waals surface area contributed by atoms with Gasteiger partial charge in [-0.15, -0.1) is 0 Å². The smallest absolute Gasteiger partial charge is 0.122 e. The van der Waals surface area contributed by atoms with Crippen molar-refractivity contribution in [1.29, 1.82) is 0 Å². The molecule has 3 heteroatoms. The van der Waals surface area contributed by atoms with E-state index in [4.69, 9.17) is 4.74 Å². The molecule has 1 unspecified atom stereocenters. The summed E-state index contributed by atoms with van der Waals surface area (Å²) in [5.74, 6) is 1.72. The standard InChI is InChI=1S/C18H23NO2/c1-19-13-15(10-14-6-5-8-17(20)12-14)11-16-7-3-4-9-18(16)21-2/h3-9,12,15,19-20H,10-11,13H2,1-2H3. The van der Waals surface area contributed by atoms with Crippen LogP contribution in [0.2, 0.25) is 0 Å². The maximum Gasteiger partial charge on any atom is 0.122 e. The van der Waals surface area contributed by atoms with E-state index in [1.807, 2.05) is 37.4 Å². The Morgan fingerprint density at radius 1 is 1.10 bits per heavy atom. The molecule has 2 rings (SSSR count). The first-order valence-electron chi connectivity index (χ1n) is 7.27. The minimum absolute atomic E-state index is 0.327. The van der Waals surface area contributed by atoms with Gasteiger partial charge in [0.25, 0.3) is 0 Å². The molecule has 0 heterocycles. The van der Waals surface area contributed by atoms with Crippen LogP contribution in [-0.4, -0.2) is 25.8 Å². The predicted octanol–water partition coefficient (Wildman–Crippen LogP) is 3.02. The third kappa shape index (κ3) is 4.50. The van der Waals surface area contributed by atoms with E-state index in [2.05, 4.69) is 17.4 Å². The molecule has 0 spiro atoms. The minimum Gasteiger partial charge on any atom is -0.508 e. The zero-order valence-corrected chi connectivity index (χ0v) is 12.7. The van der Waals surface area contributed by atoms with Gasteiger partial charge in [0.15, 0.2) is 0 Å². The zero-order valence-electron chi connectivity index (χ0n) is 12.7. The molecule has 112 valence electrons. The average molecular weight is 285 g/mol. The summed E-state index contributed by atoms with van der Waals surface area (Å²) < 4.78 is 5.43. The van der Waals surface area contributed by atoms with Gasteiger partial charge in [-0.3, -0.25) is 0 Å². The molecule has 2 aromatic rings. The van der Waals surface area contributed by atoms with Gasteiger partial charge in [0.1, 0.15) is 11.5 Å². The SMILES string of the molecule is CNCC(Cc1cccc(O)c1)Cc1ccccc1OC. The van der Waals surface area contributed by atoms with E-state index in [-0.39, 0.29) is 0 Å². The number of hydrogen-bond acceptors (Lipinski definition) is 3. The predicted molar refractivity (Wildman–Crippen MR) is 85.9 cm³/mol. The van der Waals surface area contributed by atoms with Gasteiger partial charge in [-0.2, -0.15) is 0 Å². The Morgan fingerprint density at radius 2 is 1.90 bits per heavy atom. The Bertz CT molecular complexity index is 569. The van der Waals surface area contributed by atoms with Crippen molar-refractivity contribution < 1.29 is 9.84 Å². The summed E-state index contributed by atoms with van der Waals surface area (Å²) >= 11 is 0. The number of para-hydroxylation sites is 1. The van der Waals surface area contributed by atoms with Crippen molar-refractivity contribution in [2.45, 2.75) is 12.8 Å². The normalized spacial score (nSPS) is 12.1. The maximum atomic E-state index is 9.59. The molecular weight excluding hydrogens is 262 g/mol. The highest BCUT2D eigenvalue weighted by Gasteiger charge is 2.13. The highest BCUT2D eigenvalue weighted by atomic mass is 16.5. The van der Waals surface area contributed by atoms with Gasteiger partial charge >= 0.3 is 0 Å². The molecule has 0 bridgehead atoms. The summed E-state index contributed by atoms with van der Waals surface area (Å²) in [6.07, 6.45) is 1.87. The second-order valence-electron chi connectivity index (χ2n) is 5.31. The second-order valence-corrected chi connectivity index (χ2v) is 5.31. The molecule has 1 atom stereocenters. The van der Waals surface area contributed by atoms with Gasteiger partial charge < -0.3 is 15.2 Å². The van der Waals surface area contributed by atoms with Gasteiger partial charge in [-0.1, -0.05) is 30.3 Å². The van der Waals surface area contributed by atoms with E-state index < -0.39 is 0 Å². The summed E-state index contributed by atoms with van der Waals surface area (Å²) in [7, 11) is 3.68. The Hall–Kier alpha value is -2.00. The lowest BCUT2D eigenvalue weighted by atomic mass is 9.92. The number of phenolic OH excluding ortho intramolecular Hbond substituents is 1. The van der Waals surface area contributed by atoms with E-state index in [0.717, 1.165) is 30.7 Å². The molecule has 0 aliphatic rings. The minimum atomic E-state index is 0.327. The van der Waals surface area contributed by atoms with Crippen LogP contribution in [0.5, 0.6) is 11.5 Å². The molecule has 21 heavy (non-hydrogen) atoms. The first-order chi connectivity index (χ1) is 10.2. The molecule has 0 amide bonds. The Balaban J connectivity index is 2.11. The van der Waals surface area contributed by atoms with Crippen LogP contribution in [-0.2, 0) is 12.8 Å². The number of phenols is 1. The number of aromatic hydroxyl groups is 1. The summed E-state index contributed by atoms with van der Waals surface area (Å²) in [4.78, 5) is 0. The number of methoxy groups -OCH3 is 1. The van der Waals surface area contributed by atoms with Crippen LogP contribution in [0.25, 0.3) is 0 Å². The molecule has 2 N–H and O–H groups in total. The topological polar surface area (TPSA) is 41.5 Å². The number of ether oxygens (including phenoxy) is 1. The number of rotatable bonds is 7. The van der Waals surface area contributed by atoms with Crippen LogP contribution in [0.3, 0.4) is 0 Å². The van der Waals surface area contributed by atoms with Gasteiger partial charge in [0.05, 0.1) is 7.11 Å². The molecular formula is C18H23NO2. The lowest BCUT2D eigenvalue weighted by molar-refractivity contribution is 0.401. The fourth-order valence-corrected chi connectivity index (χ4v) is 2.70. The molecule has 2 aromatic carbocycles. The van der Waals surface area contributed by atoms with Gasteiger partial charge in [0, 0.05) is 0 Å². The lowest BCUT2D eigenvalue weighted by Crippen LogP contribution is -2.23. The van der Waals surface area contributed by atoms with Crippen molar-refractivity contribution in [1.82, 2.24) is 5.32 Å². The first kappa shape index (κ1) is 15.4. The number of hydrogen-bond donors (Lipinski definition) is 2. The summed E-state index contributed by atoms with van der Waals surface area (Å²) in [6.45, 7) is 0.924. The van der Waals surface area contributed by atoms with E-state index in [1.165, 1.54) is 5.56 Å². The molecule has 0 radical (unpaired) electrons. The number of nitrogens with one attached hydrogen (secondary N) is 1. The molecule has 0 fully saturated rings. The second kappa shape index (κ2) is 7.70. The number of benzene rings is 2. The van der Waals surface area contributed by atoms with Gasteiger partial charge in [0.2, 0.25) is 0 Å². The van der Waals surface area contributed by atoms with Crippen molar-refractivity contribution in [3.8, 4) is 11.5 Å². The van der Waals surface area contributed by atoms with Gasteiger partial charge in [-0.25, -0.2) is 0 Å². The first-order valence-corrected chi connectivity index (χ1v) is 7.27. The largest absolute Gasteiger partial charge is 0.508 e. The van der Waals surface area contributed by atoms with E-state index in [1.54, 1.807) is 13.2 Å². The zero-order chi connectivity index (χ0) is 15.1. The van der Waals surface area contributed by atoms with Crippen molar-refractivity contribution >= 4 is 0 Å². The van der Waals surface area contributed by atoms with E-state index >= 15 is 0 Å². The lowest BCUT2D eigenvalue weighted by Gasteiger charge is -2.18. The van der Waals surface area contributed by atoms with Gasteiger partial charge in [-0.05, 0) is 61.7 Å². The molecule has 3 nitrogen and oxygen atoms in total. The van der Waals surface area contributed by atoms with Crippen molar-refractivity contribution in [2.75, 3.05) is 20.7 Å². The Morgan fingerprint density at radius 3 is 2.62 bits per heavy atom. The van der Waals surface area contributed by atoms with Crippen LogP contribution in [0.15, 0.2) is 48.5 Å². The fourth-order valence-electron chi connectivity index (χ4n) is 2.70. The summed E-state index contributed by atoms with van der Waals surface area (Å²) in [6, 6.07) is 15.6. The van der Waals surface area contributed by atoms with E-state index in [0.29, 0.717) is 11.7 Å². The third-order valence-corrected chi connectivity index (χ3v) is 3.63. The Labute approximate surface area is 126 Å². The van der Waals surface area contributed by atoms with Crippen LogP contribution < -0.4 is 10.1 Å².